The Morgan fingerprint density at radius 3 is 2.29 bits per heavy atom. The fourth-order valence-electron chi connectivity index (χ4n) is 1.47. The third kappa shape index (κ3) is 2.70. The molecular weight excluding hydrogens is 263 g/mol. The van der Waals surface area contributed by atoms with E-state index in [1.165, 1.54) is 19.5 Å². The smallest absolute Gasteiger partial charge is 0.313 e. The number of halogens is 2. The van der Waals surface area contributed by atoms with Crippen LogP contribution in [0.1, 0.15) is 25.5 Å². The predicted octanol–water partition coefficient (Wildman–Crippen LogP) is 2.59. The van der Waals surface area contributed by atoms with E-state index in [1.54, 1.807) is 13.8 Å². The summed E-state index contributed by atoms with van der Waals surface area (Å²) in [7, 11) is 1.31. The van der Waals surface area contributed by atoms with Crippen molar-refractivity contribution in [2.75, 3.05) is 7.11 Å². The van der Waals surface area contributed by atoms with Gasteiger partial charge >= 0.3 is 5.97 Å². The number of hydrogen-bond acceptors (Lipinski definition) is 4. The average Bonchev–Trinajstić information content (AvgIpc) is 2.27. The molecule has 94 valence electrons. The van der Waals surface area contributed by atoms with E-state index in [-0.39, 0.29) is 0 Å². The largest absolute Gasteiger partial charge is 0.469 e. The zero-order valence-corrected chi connectivity index (χ0v) is 11.3. The van der Waals surface area contributed by atoms with Gasteiger partial charge in [0.2, 0.25) is 0 Å². The molecule has 0 spiro atoms. The van der Waals surface area contributed by atoms with Gasteiger partial charge in [0.1, 0.15) is 0 Å². The normalized spacial score (nSPS) is 13.3. The van der Waals surface area contributed by atoms with Gasteiger partial charge in [0.15, 0.2) is 0 Å². The number of aromatic nitrogens is 1. The fourth-order valence-corrected chi connectivity index (χ4v) is 2.07. The van der Waals surface area contributed by atoms with Gasteiger partial charge in [-0.1, -0.05) is 23.2 Å². The highest BCUT2D eigenvalue weighted by molar-refractivity contribution is 6.35. The lowest BCUT2D eigenvalue weighted by Crippen LogP contribution is -2.37. The van der Waals surface area contributed by atoms with Crippen LogP contribution in [0.2, 0.25) is 10.0 Å². The van der Waals surface area contributed by atoms with E-state index >= 15 is 0 Å². The second kappa shape index (κ2) is 5.21. The molecule has 1 rings (SSSR count). The summed E-state index contributed by atoms with van der Waals surface area (Å²) < 4.78 is 4.72. The maximum absolute atomic E-state index is 11.7. The molecule has 0 unspecified atom stereocenters. The number of methoxy groups -OCH3 is 1. The summed E-state index contributed by atoms with van der Waals surface area (Å²) in [5, 5.41) is 0.670. The molecular formula is C11H14Cl2N2O2. The first-order valence-corrected chi connectivity index (χ1v) is 5.70. The van der Waals surface area contributed by atoms with Gasteiger partial charge in [-0.3, -0.25) is 9.78 Å². The third-order valence-electron chi connectivity index (χ3n) is 2.69. The highest BCUT2D eigenvalue weighted by atomic mass is 35.5. The van der Waals surface area contributed by atoms with E-state index in [9.17, 15) is 4.79 Å². The van der Waals surface area contributed by atoms with Gasteiger partial charge < -0.3 is 10.5 Å². The zero-order chi connectivity index (χ0) is 13.2. The summed E-state index contributed by atoms with van der Waals surface area (Å²) in [5.74, 6) is -0.422. The molecule has 0 aromatic carbocycles. The number of ether oxygens (including phenoxy) is 1. The van der Waals surface area contributed by atoms with Crippen molar-refractivity contribution in [3.8, 4) is 0 Å². The number of esters is 1. The lowest BCUT2D eigenvalue weighted by molar-refractivity contribution is -0.152. The lowest BCUT2D eigenvalue weighted by atomic mass is 9.81. The summed E-state index contributed by atoms with van der Waals surface area (Å²) in [4.78, 5) is 15.5. The number of hydrogen-bond donors (Lipinski definition) is 1. The SMILES string of the molecule is COC(=O)C(C)(C)[C@@H](N)c1c(Cl)cncc1Cl. The first kappa shape index (κ1) is 14.2. The Balaban J connectivity index is 3.21. The molecule has 0 fully saturated rings. The molecule has 0 radical (unpaired) electrons. The molecule has 1 heterocycles. The Labute approximate surface area is 110 Å². The van der Waals surface area contributed by atoms with Crippen LogP contribution in [0, 0.1) is 5.41 Å². The van der Waals surface area contributed by atoms with Crippen LogP contribution in [0.4, 0.5) is 0 Å². The van der Waals surface area contributed by atoms with Crippen LogP contribution in [-0.2, 0) is 9.53 Å². The van der Waals surface area contributed by atoms with Gasteiger partial charge in [0, 0.05) is 24.0 Å². The van der Waals surface area contributed by atoms with Crippen LogP contribution in [0.5, 0.6) is 0 Å². The van der Waals surface area contributed by atoms with Crippen molar-refractivity contribution in [3.63, 3.8) is 0 Å². The van der Waals surface area contributed by atoms with Crippen LogP contribution >= 0.6 is 23.2 Å². The molecule has 0 aliphatic heterocycles. The van der Waals surface area contributed by atoms with Crippen LogP contribution in [0.15, 0.2) is 12.4 Å². The van der Waals surface area contributed by atoms with Gasteiger partial charge in [0.05, 0.1) is 22.6 Å². The summed E-state index contributed by atoms with van der Waals surface area (Å²) in [5.41, 5.74) is 5.63. The van der Waals surface area contributed by atoms with E-state index in [0.29, 0.717) is 15.6 Å². The zero-order valence-electron chi connectivity index (χ0n) is 9.83. The summed E-state index contributed by atoms with van der Waals surface area (Å²) in [6.45, 7) is 3.35. The lowest BCUT2D eigenvalue weighted by Gasteiger charge is -2.29. The van der Waals surface area contributed by atoms with Crippen molar-refractivity contribution in [2.45, 2.75) is 19.9 Å². The molecule has 1 atom stereocenters. The second-order valence-corrected chi connectivity index (χ2v) is 5.02. The number of carbonyl (C=O) groups excluding carboxylic acids is 1. The van der Waals surface area contributed by atoms with Crippen LogP contribution in [0.3, 0.4) is 0 Å². The molecule has 0 bridgehead atoms. The Kier molecular flexibility index (Phi) is 4.36. The number of rotatable bonds is 3. The molecule has 1 aromatic rings. The molecule has 4 nitrogen and oxygen atoms in total. The van der Waals surface area contributed by atoms with E-state index in [2.05, 4.69) is 4.98 Å². The van der Waals surface area contributed by atoms with Gasteiger partial charge in [-0.05, 0) is 13.8 Å². The van der Waals surface area contributed by atoms with Crippen molar-refractivity contribution in [3.05, 3.63) is 28.0 Å². The quantitative estimate of drug-likeness (QED) is 0.862. The standard InChI is InChI=1S/C11H14Cl2N2O2/c1-11(2,10(16)17-3)9(14)8-6(12)4-15-5-7(8)13/h4-5,9H,14H2,1-3H3/t9-/m0/s1. The monoisotopic (exact) mass is 276 g/mol. The Morgan fingerprint density at radius 2 is 1.88 bits per heavy atom. The molecule has 2 N–H and O–H groups in total. The Hall–Kier alpha value is -0.840. The Morgan fingerprint density at radius 1 is 1.41 bits per heavy atom. The van der Waals surface area contributed by atoms with E-state index < -0.39 is 17.4 Å². The molecule has 0 aliphatic rings. The summed E-state index contributed by atoms with van der Waals surface area (Å²) in [6, 6.07) is -0.669. The Bertz CT molecular complexity index is 415. The highest BCUT2D eigenvalue weighted by Crippen LogP contribution is 2.38. The highest BCUT2D eigenvalue weighted by Gasteiger charge is 2.38. The van der Waals surface area contributed by atoms with Gasteiger partial charge in [0.25, 0.3) is 0 Å². The minimum Gasteiger partial charge on any atom is -0.469 e. The fraction of sp³-hybridized carbons (Fsp3) is 0.455. The number of nitrogens with two attached hydrogens (primary N) is 1. The van der Waals surface area contributed by atoms with Crippen molar-refractivity contribution in [1.82, 2.24) is 4.98 Å². The van der Waals surface area contributed by atoms with Crippen LogP contribution < -0.4 is 5.73 Å². The molecule has 0 saturated carbocycles. The molecule has 1 aromatic heterocycles. The topological polar surface area (TPSA) is 65.2 Å². The molecule has 0 saturated heterocycles. The summed E-state index contributed by atoms with van der Waals surface area (Å²) >= 11 is 12.0. The minimum atomic E-state index is -0.927. The van der Waals surface area contributed by atoms with Crippen molar-refractivity contribution < 1.29 is 9.53 Å². The molecule has 0 aliphatic carbocycles. The maximum atomic E-state index is 11.7. The van der Waals surface area contributed by atoms with Crippen LogP contribution in [0.25, 0.3) is 0 Å². The molecule has 6 heteroatoms. The van der Waals surface area contributed by atoms with Crippen molar-refractivity contribution in [2.24, 2.45) is 11.1 Å². The van der Waals surface area contributed by atoms with Crippen molar-refractivity contribution >= 4 is 29.2 Å². The summed E-state index contributed by atoms with van der Waals surface area (Å²) in [6.07, 6.45) is 2.88. The van der Waals surface area contributed by atoms with Gasteiger partial charge in [-0.15, -0.1) is 0 Å². The number of pyridine rings is 1. The number of carbonyl (C=O) groups is 1. The van der Waals surface area contributed by atoms with E-state index in [0.717, 1.165) is 0 Å². The number of nitrogens with zero attached hydrogens (tertiary/aromatic N) is 1. The van der Waals surface area contributed by atoms with E-state index in [4.69, 9.17) is 33.7 Å². The third-order valence-corrected chi connectivity index (χ3v) is 3.29. The first-order chi connectivity index (χ1) is 7.82. The average molecular weight is 277 g/mol. The molecule has 0 amide bonds. The second-order valence-electron chi connectivity index (χ2n) is 4.21. The van der Waals surface area contributed by atoms with Crippen LogP contribution in [-0.4, -0.2) is 18.1 Å². The maximum Gasteiger partial charge on any atom is 0.313 e. The van der Waals surface area contributed by atoms with Crippen molar-refractivity contribution in [1.29, 1.82) is 0 Å². The first-order valence-electron chi connectivity index (χ1n) is 4.95. The molecule has 17 heavy (non-hydrogen) atoms. The van der Waals surface area contributed by atoms with Gasteiger partial charge in [-0.2, -0.15) is 0 Å². The predicted molar refractivity (Wildman–Crippen MR) is 67.0 cm³/mol. The van der Waals surface area contributed by atoms with E-state index in [1.807, 2.05) is 0 Å². The van der Waals surface area contributed by atoms with Gasteiger partial charge in [-0.25, -0.2) is 0 Å². The minimum absolute atomic E-state index is 0.335.